The first kappa shape index (κ1) is 27.7. The molecular formula is C34H27ClN2O4S. The lowest BCUT2D eigenvalue weighted by Gasteiger charge is -2.25. The van der Waals surface area contributed by atoms with Gasteiger partial charge in [0.2, 0.25) is 0 Å². The summed E-state index contributed by atoms with van der Waals surface area (Å²) in [5, 5.41) is 2.80. The first-order valence-electron chi connectivity index (χ1n) is 13.6. The SMILES string of the molecule is CCOC(=O)C1=C(C)N=c2s/c(=C\c3ccc(OCc4cccc5ccccc45)cc3)c(=O)n2C1c1ccccc1Cl. The predicted octanol–water partition coefficient (Wildman–Crippen LogP) is 6.18. The Morgan fingerprint density at radius 2 is 1.74 bits per heavy atom. The highest BCUT2D eigenvalue weighted by Gasteiger charge is 2.34. The maximum Gasteiger partial charge on any atom is 0.338 e. The molecular weight excluding hydrogens is 568 g/mol. The summed E-state index contributed by atoms with van der Waals surface area (Å²) in [6.45, 7) is 4.15. The number of hydrogen-bond donors (Lipinski definition) is 0. The van der Waals surface area contributed by atoms with Crippen molar-refractivity contribution in [3.05, 3.63) is 144 Å². The summed E-state index contributed by atoms with van der Waals surface area (Å²) in [4.78, 5) is 32.0. The number of hydrogen-bond acceptors (Lipinski definition) is 6. The molecule has 0 saturated heterocycles. The number of carbonyl (C=O) groups is 1. The molecule has 2 heterocycles. The second-order valence-electron chi connectivity index (χ2n) is 9.82. The number of halogens is 1. The van der Waals surface area contributed by atoms with Crippen molar-refractivity contribution in [2.75, 3.05) is 6.61 Å². The van der Waals surface area contributed by atoms with Gasteiger partial charge in [0, 0.05) is 5.02 Å². The van der Waals surface area contributed by atoms with Gasteiger partial charge in [0.25, 0.3) is 5.56 Å². The average molecular weight is 595 g/mol. The molecule has 8 heteroatoms. The van der Waals surface area contributed by atoms with Gasteiger partial charge in [0.1, 0.15) is 18.4 Å². The van der Waals surface area contributed by atoms with Crippen molar-refractivity contribution in [3.63, 3.8) is 0 Å². The number of rotatable bonds is 7. The van der Waals surface area contributed by atoms with Gasteiger partial charge < -0.3 is 9.47 Å². The molecule has 0 bridgehead atoms. The predicted molar refractivity (Wildman–Crippen MR) is 167 cm³/mol. The number of fused-ring (bicyclic) bond motifs is 2. The fraction of sp³-hybridized carbons (Fsp3) is 0.147. The monoisotopic (exact) mass is 594 g/mol. The fourth-order valence-electron chi connectivity index (χ4n) is 5.17. The van der Waals surface area contributed by atoms with E-state index in [4.69, 9.17) is 21.1 Å². The lowest BCUT2D eigenvalue weighted by Crippen LogP contribution is -2.40. The lowest BCUT2D eigenvalue weighted by atomic mass is 9.96. The normalized spacial score (nSPS) is 14.9. The van der Waals surface area contributed by atoms with Gasteiger partial charge in [0.05, 0.1) is 22.4 Å². The van der Waals surface area contributed by atoms with Crippen LogP contribution < -0.4 is 19.6 Å². The first-order chi connectivity index (χ1) is 20.4. The maximum absolute atomic E-state index is 13.8. The van der Waals surface area contributed by atoms with E-state index in [1.807, 2.05) is 66.7 Å². The Labute approximate surface area is 251 Å². The van der Waals surface area contributed by atoms with Gasteiger partial charge in [-0.15, -0.1) is 0 Å². The number of aromatic nitrogens is 1. The number of nitrogens with zero attached hydrogens (tertiary/aromatic N) is 2. The van der Waals surface area contributed by atoms with E-state index in [1.54, 1.807) is 24.5 Å². The van der Waals surface area contributed by atoms with Crippen LogP contribution in [-0.4, -0.2) is 17.1 Å². The van der Waals surface area contributed by atoms with Crippen molar-refractivity contribution in [2.24, 2.45) is 4.99 Å². The lowest BCUT2D eigenvalue weighted by molar-refractivity contribution is -0.139. The zero-order valence-corrected chi connectivity index (χ0v) is 24.6. The molecule has 6 nitrogen and oxygen atoms in total. The van der Waals surface area contributed by atoms with Crippen LogP contribution in [0.15, 0.2) is 112 Å². The van der Waals surface area contributed by atoms with Gasteiger partial charge in [-0.3, -0.25) is 9.36 Å². The van der Waals surface area contributed by atoms with Crippen molar-refractivity contribution >= 4 is 45.8 Å². The summed E-state index contributed by atoms with van der Waals surface area (Å²) in [6.07, 6.45) is 1.82. The third-order valence-electron chi connectivity index (χ3n) is 7.17. The van der Waals surface area contributed by atoms with E-state index in [-0.39, 0.29) is 12.2 Å². The Hall–Kier alpha value is -4.46. The summed E-state index contributed by atoms with van der Waals surface area (Å²) >= 11 is 7.85. The zero-order chi connectivity index (χ0) is 29.2. The number of ether oxygens (including phenoxy) is 2. The highest BCUT2D eigenvalue weighted by Crippen LogP contribution is 2.34. The second kappa shape index (κ2) is 11.8. The molecule has 0 saturated carbocycles. The second-order valence-corrected chi connectivity index (χ2v) is 11.2. The molecule has 0 spiro atoms. The van der Waals surface area contributed by atoms with Crippen LogP contribution in [0.2, 0.25) is 5.02 Å². The molecule has 210 valence electrons. The molecule has 6 rings (SSSR count). The molecule has 4 aromatic carbocycles. The minimum Gasteiger partial charge on any atom is -0.489 e. The summed E-state index contributed by atoms with van der Waals surface area (Å²) in [7, 11) is 0. The van der Waals surface area contributed by atoms with Gasteiger partial charge in [0.15, 0.2) is 4.80 Å². The van der Waals surface area contributed by atoms with Crippen LogP contribution >= 0.6 is 22.9 Å². The molecule has 42 heavy (non-hydrogen) atoms. The molecule has 1 unspecified atom stereocenters. The topological polar surface area (TPSA) is 69.9 Å². The molecule has 1 aliphatic rings. The number of carbonyl (C=O) groups excluding carboxylic acids is 1. The van der Waals surface area contributed by atoms with E-state index in [1.165, 1.54) is 22.1 Å². The standard InChI is InChI=1S/C34H27ClN2O4S/c1-3-40-33(39)30-21(2)36-34-37(31(30)27-13-6-7-14-28(27)35)32(38)29(42-34)19-22-15-17-25(18-16-22)41-20-24-11-8-10-23-9-4-5-12-26(23)24/h4-19,31H,3,20H2,1-2H3/b29-19-. The van der Waals surface area contributed by atoms with E-state index in [9.17, 15) is 9.59 Å². The van der Waals surface area contributed by atoms with Crippen LogP contribution in [-0.2, 0) is 16.1 Å². The van der Waals surface area contributed by atoms with Crippen molar-refractivity contribution in [1.82, 2.24) is 4.57 Å². The molecule has 0 fully saturated rings. The summed E-state index contributed by atoms with van der Waals surface area (Å²) in [5.74, 6) is 0.215. The number of thiazole rings is 1. The molecule has 5 aromatic rings. The van der Waals surface area contributed by atoms with E-state index in [0.29, 0.717) is 37.8 Å². The van der Waals surface area contributed by atoms with Crippen LogP contribution in [0, 0.1) is 0 Å². The van der Waals surface area contributed by atoms with Crippen molar-refractivity contribution < 1.29 is 14.3 Å². The van der Waals surface area contributed by atoms with Gasteiger partial charge in [-0.25, -0.2) is 9.79 Å². The number of esters is 1. The molecule has 0 aliphatic carbocycles. The van der Waals surface area contributed by atoms with Crippen LogP contribution in [0.5, 0.6) is 5.75 Å². The molecule has 1 atom stereocenters. The Morgan fingerprint density at radius 1 is 1.00 bits per heavy atom. The summed E-state index contributed by atoms with van der Waals surface area (Å²) in [6, 6.07) is 28.5. The van der Waals surface area contributed by atoms with Crippen LogP contribution in [0.3, 0.4) is 0 Å². The zero-order valence-electron chi connectivity index (χ0n) is 23.0. The molecule has 0 amide bonds. The van der Waals surface area contributed by atoms with Crippen LogP contribution in [0.25, 0.3) is 16.8 Å². The van der Waals surface area contributed by atoms with Gasteiger partial charge in [-0.1, -0.05) is 95.7 Å². The number of benzene rings is 4. The number of allylic oxidation sites excluding steroid dienone is 1. The minimum absolute atomic E-state index is 0.205. The average Bonchev–Trinajstić information content (AvgIpc) is 3.30. The Bertz CT molecular complexity index is 2020. The highest BCUT2D eigenvalue weighted by molar-refractivity contribution is 7.07. The summed E-state index contributed by atoms with van der Waals surface area (Å²) in [5.41, 5.74) is 3.14. The van der Waals surface area contributed by atoms with Crippen molar-refractivity contribution in [2.45, 2.75) is 26.5 Å². The van der Waals surface area contributed by atoms with Crippen molar-refractivity contribution in [1.29, 1.82) is 0 Å². The summed E-state index contributed by atoms with van der Waals surface area (Å²) < 4.78 is 13.5. The van der Waals surface area contributed by atoms with Gasteiger partial charge in [-0.2, -0.15) is 0 Å². The fourth-order valence-corrected chi connectivity index (χ4v) is 6.46. The van der Waals surface area contributed by atoms with E-state index >= 15 is 0 Å². The molecule has 0 radical (unpaired) electrons. The smallest absolute Gasteiger partial charge is 0.338 e. The third kappa shape index (κ3) is 5.29. The van der Waals surface area contributed by atoms with E-state index in [2.05, 4.69) is 29.3 Å². The minimum atomic E-state index is -0.749. The maximum atomic E-state index is 13.8. The molecule has 1 aromatic heterocycles. The van der Waals surface area contributed by atoms with Crippen LogP contribution in [0.1, 0.15) is 36.6 Å². The van der Waals surface area contributed by atoms with Crippen molar-refractivity contribution in [3.8, 4) is 5.75 Å². The quantitative estimate of drug-likeness (QED) is 0.211. The van der Waals surface area contributed by atoms with Gasteiger partial charge in [-0.05, 0) is 65.6 Å². The molecule has 1 aliphatic heterocycles. The Morgan fingerprint density at radius 3 is 2.52 bits per heavy atom. The van der Waals surface area contributed by atoms with Gasteiger partial charge >= 0.3 is 5.97 Å². The van der Waals surface area contributed by atoms with Crippen LogP contribution in [0.4, 0.5) is 0 Å². The first-order valence-corrected chi connectivity index (χ1v) is 14.8. The highest BCUT2D eigenvalue weighted by atomic mass is 35.5. The Kier molecular flexibility index (Phi) is 7.78. The third-order valence-corrected chi connectivity index (χ3v) is 8.50. The molecule has 0 N–H and O–H groups in total. The Balaban J connectivity index is 1.32. The largest absolute Gasteiger partial charge is 0.489 e. The van der Waals surface area contributed by atoms with E-state index in [0.717, 1.165) is 16.9 Å². The van der Waals surface area contributed by atoms with E-state index < -0.39 is 12.0 Å².